The maximum Gasteiger partial charge on any atom is 0.146 e. The molecule has 0 aliphatic heterocycles. The lowest BCUT2D eigenvalue weighted by molar-refractivity contribution is -0.105. The van der Waals surface area contributed by atoms with E-state index in [1.165, 1.54) is 5.57 Å². The van der Waals surface area contributed by atoms with Gasteiger partial charge in [-0.05, 0) is 43.1 Å². The monoisotopic (exact) mass is 218 g/mol. The van der Waals surface area contributed by atoms with Crippen LogP contribution in [0.3, 0.4) is 0 Å². The van der Waals surface area contributed by atoms with E-state index in [9.17, 15) is 4.79 Å². The van der Waals surface area contributed by atoms with Crippen molar-refractivity contribution < 1.29 is 4.79 Å². The third kappa shape index (κ3) is 2.72. The fourth-order valence-corrected chi connectivity index (χ4v) is 2.23. The van der Waals surface area contributed by atoms with Crippen LogP contribution in [0.15, 0.2) is 36.0 Å². The summed E-state index contributed by atoms with van der Waals surface area (Å²) in [6, 6.07) is 0. The Morgan fingerprint density at radius 3 is 2.75 bits per heavy atom. The summed E-state index contributed by atoms with van der Waals surface area (Å²) in [5, 5.41) is 0. The van der Waals surface area contributed by atoms with E-state index in [-0.39, 0.29) is 5.41 Å². The van der Waals surface area contributed by atoms with E-state index in [1.54, 1.807) is 6.08 Å². The summed E-state index contributed by atoms with van der Waals surface area (Å²) in [7, 11) is 0. The van der Waals surface area contributed by atoms with E-state index in [0.717, 1.165) is 24.7 Å². The zero-order valence-electron chi connectivity index (χ0n) is 10.6. The first-order valence-corrected chi connectivity index (χ1v) is 5.94. The average molecular weight is 218 g/mol. The van der Waals surface area contributed by atoms with Crippen LogP contribution in [0.1, 0.15) is 40.0 Å². The number of rotatable bonds is 5. The molecule has 0 unspecified atom stereocenters. The van der Waals surface area contributed by atoms with Gasteiger partial charge in [-0.3, -0.25) is 4.79 Å². The maximum absolute atomic E-state index is 10.8. The third-order valence-electron chi connectivity index (χ3n) is 3.94. The van der Waals surface area contributed by atoms with Crippen LogP contribution >= 0.6 is 0 Å². The number of aldehydes is 1. The summed E-state index contributed by atoms with van der Waals surface area (Å²) in [6.07, 6.45) is 9.94. The summed E-state index contributed by atoms with van der Waals surface area (Å²) in [6.45, 7) is 10.4. The number of allylic oxidation sites excluding steroid dienone is 5. The van der Waals surface area contributed by atoms with Gasteiger partial charge in [-0.1, -0.05) is 37.6 Å². The summed E-state index contributed by atoms with van der Waals surface area (Å²) in [5.74, 6) is 0.632. The van der Waals surface area contributed by atoms with Crippen LogP contribution in [0.5, 0.6) is 0 Å². The highest BCUT2D eigenvalue weighted by molar-refractivity contribution is 5.73. The van der Waals surface area contributed by atoms with Crippen molar-refractivity contribution in [2.45, 2.75) is 40.0 Å². The van der Waals surface area contributed by atoms with Crippen LogP contribution in [0.2, 0.25) is 0 Å². The van der Waals surface area contributed by atoms with E-state index in [0.29, 0.717) is 12.3 Å². The SMILES string of the molecule is C=CC/C(C=O)=C\C[C@H]1CC=C(C)C1(C)C. The van der Waals surface area contributed by atoms with Crippen molar-refractivity contribution >= 4 is 6.29 Å². The molecule has 1 aliphatic rings. The molecular weight excluding hydrogens is 196 g/mol. The van der Waals surface area contributed by atoms with E-state index in [4.69, 9.17) is 0 Å². The molecule has 0 radical (unpaired) electrons. The summed E-state index contributed by atoms with van der Waals surface area (Å²) >= 11 is 0. The Labute approximate surface area is 98.9 Å². The van der Waals surface area contributed by atoms with Crippen molar-refractivity contribution in [3.05, 3.63) is 36.0 Å². The Hall–Kier alpha value is -1.11. The minimum absolute atomic E-state index is 0.276. The van der Waals surface area contributed by atoms with Gasteiger partial charge in [0.1, 0.15) is 6.29 Å². The van der Waals surface area contributed by atoms with Crippen LogP contribution in [0.4, 0.5) is 0 Å². The quantitative estimate of drug-likeness (QED) is 0.386. The van der Waals surface area contributed by atoms with Crippen LogP contribution in [0, 0.1) is 11.3 Å². The first-order valence-electron chi connectivity index (χ1n) is 5.94. The molecule has 16 heavy (non-hydrogen) atoms. The van der Waals surface area contributed by atoms with Gasteiger partial charge in [0.05, 0.1) is 0 Å². The van der Waals surface area contributed by atoms with Crippen LogP contribution in [-0.2, 0) is 4.79 Å². The predicted octanol–water partition coefficient (Wildman–Crippen LogP) is 4.07. The number of hydrogen-bond donors (Lipinski definition) is 0. The molecule has 1 atom stereocenters. The van der Waals surface area contributed by atoms with E-state index >= 15 is 0 Å². The molecule has 0 aromatic carbocycles. The van der Waals surface area contributed by atoms with Crippen molar-refractivity contribution in [1.82, 2.24) is 0 Å². The molecule has 0 spiro atoms. The van der Waals surface area contributed by atoms with Crippen molar-refractivity contribution in [1.29, 1.82) is 0 Å². The van der Waals surface area contributed by atoms with Gasteiger partial charge in [-0.25, -0.2) is 0 Å². The Morgan fingerprint density at radius 1 is 1.62 bits per heavy atom. The highest BCUT2D eigenvalue weighted by Crippen LogP contribution is 2.44. The largest absolute Gasteiger partial charge is 0.298 e. The third-order valence-corrected chi connectivity index (χ3v) is 3.94. The highest BCUT2D eigenvalue weighted by Gasteiger charge is 2.33. The van der Waals surface area contributed by atoms with Crippen LogP contribution in [-0.4, -0.2) is 6.29 Å². The Balaban J connectivity index is 2.63. The summed E-state index contributed by atoms with van der Waals surface area (Å²) in [5.41, 5.74) is 2.61. The molecule has 0 aromatic heterocycles. The number of hydrogen-bond acceptors (Lipinski definition) is 1. The van der Waals surface area contributed by atoms with Crippen molar-refractivity contribution in [2.24, 2.45) is 11.3 Å². The van der Waals surface area contributed by atoms with Gasteiger partial charge >= 0.3 is 0 Å². The molecule has 1 aliphatic carbocycles. The normalized spacial score (nSPS) is 24.1. The molecule has 0 fully saturated rings. The molecule has 1 nitrogen and oxygen atoms in total. The van der Waals surface area contributed by atoms with Gasteiger partial charge in [0.15, 0.2) is 0 Å². The van der Waals surface area contributed by atoms with Crippen molar-refractivity contribution in [3.8, 4) is 0 Å². The maximum atomic E-state index is 10.8. The zero-order chi connectivity index (χ0) is 12.2. The molecule has 0 aromatic rings. The smallest absolute Gasteiger partial charge is 0.146 e. The predicted molar refractivity (Wildman–Crippen MR) is 69.2 cm³/mol. The van der Waals surface area contributed by atoms with Gasteiger partial charge < -0.3 is 0 Å². The second-order valence-corrected chi connectivity index (χ2v) is 5.17. The fourth-order valence-electron chi connectivity index (χ4n) is 2.23. The van der Waals surface area contributed by atoms with Crippen LogP contribution in [0.25, 0.3) is 0 Å². The molecular formula is C15H22O. The average Bonchev–Trinajstić information content (AvgIpc) is 2.50. The zero-order valence-corrected chi connectivity index (χ0v) is 10.6. The molecule has 0 amide bonds. The molecule has 1 rings (SSSR count). The first-order chi connectivity index (χ1) is 7.52. The van der Waals surface area contributed by atoms with Crippen LogP contribution < -0.4 is 0 Å². The minimum Gasteiger partial charge on any atom is -0.298 e. The summed E-state index contributed by atoms with van der Waals surface area (Å²) < 4.78 is 0. The topological polar surface area (TPSA) is 17.1 Å². The lowest BCUT2D eigenvalue weighted by Gasteiger charge is -2.29. The van der Waals surface area contributed by atoms with Gasteiger partial charge in [0.2, 0.25) is 0 Å². The number of carbonyl (C=O) groups excluding carboxylic acids is 1. The van der Waals surface area contributed by atoms with E-state index < -0.39 is 0 Å². The second-order valence-electron chi connectivity index (χ2n) is 5.17. The first kappa shape index (κ1) is 13.0. The van der Waals surface area contributed by atoms with Crippen molar-refractivity contribution in [2.75, 3.05) is 0 Å². The van der Waals surface area contributed by atoms with Gasteiger partial charge in [0, 0.05) is 0 Å². The van der Waals surface area contributed by atoms with Gasteiger partial charge in [-0.15, -0.1) is 6.58 Å². The molecule has 0 bridgehead atoms. The molecule has 0 saturated carbocycles. The van der Waals surface area contributed by atoms with Gasteiger partial charge in [0.25, 0.3) is 0 Å². The Morgan fingerprint density at radius 2 is 2.31 bits per heavy atom. The van der Waals surface area contributed by atoms with E-state index in [1.807, 2.05) is 0 Å². The summed E-state index contributed by atoms with van der Waals surface area (Å²) in [4.78, 5) is 10.8. The number of carbonyl (C=O) groups is 1. The lowest BCUT2D eigenvalue weighted by atomic mass is 9.76. The molecule has 88 valence electrons. The Bertz CT molecular complexity index is 331. The molecule has 0 saturated heterocycles. The lowest BCUT2D eigenvalue weighted by Crippen LogP contribution is -2.19. The minimum atomic E-state index is 0.276. The van der Waals surface area contributed by atoms with Gasteiger partial charge in [-0.2, -0.15) is 0 Å². The Kier molecular flexibility index (Phi) is 4.28. The fraction of sp³-hybridized carbons (Fsp3) is 0.533. The molecule has 0 heterocycles. The second kappa shape index (κ2) is 5.29. The molecule has 1 heteroatoms. The molecule has 0 N–H and O–H groups in total. The standard InChI is InChI=1S/C15H22O/c1-5-6-13(11-16)8-10-14-9-7-12(2)15(14,3)4/h5,7-8,11,14H,1,6,9-10H2,2-4H3/b13-8+/t14-/m1/s1. The highest BCUT2D eigenvalue weighted by atomic mass is 16.1. The van der Waals surface area contributed by atoms with Crippen molar-refractivity contribution in [3.63, 3.8) is 0 Å². The van der Waals surface area contributed by atoms with E-state index in [2.05, 4.69) is 39.5 Å².